The Kier molecular flexibility index (Phi) is 6.86. The third-order valence-electron chi connectivity index (χ3n) is 2.99. The molecule has 0 atom stereocenters. The molecular weight excluding hydrogens is 421 g/mol. The Morgan fingerprint density at radius 3 is 2.67 bits per heavy atom. The number of anilines is 1. The lowest BCUT2D eigenvalue weighted by atomic mass is 10.1. The van der Waals surface area contributed by atoms with Crippen LogP contribution in [0.5, 0.6) is 0 Å². The van der Waals surface area contributed by atoms with Gasteiger partial charge in [0.15, 0.2) is 12.4 Å². The number of halogens is 1. The van der Waals surface area contributed by atoms with Crippen LogP contribution >= 0.6 is 22.6 Å². The highest BCUT2D eigenvalue weighted by atomic mass is 127. The molecule has 0 radical (unpaired) electrons. The third-order valence-corrected chi connectivity index (χ3v) is 3.63. The van der Waals surface area contributed by atoms with Crippen LogP contribution in [0.25, 0.3) is 0 Å². The molecule has 0 bridgehead atoms. The van der Waals surface area contributed by atoms with E-state index in [9.17, 15) is 9.59 Å². The standard InChI is InChI=1S/C17H16IN3O3/c1-12-2-4-13(5-3-12)15(22)8-9-20-24-11-17(23)21-16-7-6-14(18)10-19-16/h2-7,9-10H,8,11H2,1H3,(H,19,21,23)/b20-9-. The van der Waals surface area contributed by atoms with Crippen molar-refractivity contribution in [1.29, 1.82) is 0 Å². The van der Waals surface area contributed by atoms with Crippen LogP contribution in [0.2, 0.25) is 0 Å². The molecule has 0 aliphatic heterocycles. The van der Waals surface area contributed by atoms with Crippen LogP contribution in [0.15, 0.2) is 47.8 Å². The Hall–Kier alpha value is -2.29. The van der Waals surface area contributed by atoms with Crippen molar-refractivity contribution in [1.82, 2.24) is 4.98 Å². The van der Waals surface area contributed by atoms with Crippen molar-refractivity contribution in [2.45, 2.75) is 13.3 Å². The lowest BCUT2D eigenvalue weighted by Crippen LogP contribution is -2.17. The molecule has 1 amide bonds. The summed E-state index contributed by atoms with van der Waals surface area (Å²) >= 11 is 2.13. The summed E-state index contributed by atoms with van der Waals surface area (Å²) in [5.41, 5.74) is 1.71. The Bertz CT molecular complexity index is 728. The second-order valence-electron chi connectivity index (χ2n) is 4.96. The van der Waals surface area contributed by atoms with E-state index in [4.69, 9.17) is 4.84 Å². The van der Waals surface area contributed by atoms with Gasteiger partial charge in [-0.25, -0.2) is 4.98 Å². The molecule has 1 aromatic heterocycles. The molecule has 7 heteroatoms. The number of hydrogen-bond donors (Lipinski definition) is 1. The SMILES string of the molecule is Cc1ccc(C(=O)C/C=N\OCC(=O)Nc2ccc(I)cn2)cc1. The van der Waals surface area contributed by atoms with Gasteiger partial charge in [0, 0.05) is 21.8 Å². The van der Waals surface area contributed by atoms with Gasteiger partial charge >= 0.3 is 0 Å². The van der Waals surface area contributed by atoms with Gasteiger partial charge in [0.1, 0.15) is 5.82 Å². The summed E-state index contributed by atoms with van der Waals surface area (Å²) in [5.74, 6) is 0.0168. The maximum Gasteiger partial charge on any atom is 0.266 e. The molecule has 2 rings (SSSR count). The summed E-state index contributed by atoms with van der Waals surface area (Å²) in [5, 5.41) is 6.20. The van der Waals surface area contributed by atoms with Crippen LogP contribution in [0.1, 0.15) is 22.3 Å². The molecule has 1 aromatic carbocycles. The summed E-state index contributed by atoms with van der Waals surface area (Å²) in [6.07, 6.45) is 3.10. The van der Waals surface area contributed by atoms with E-state index in [1.807, 2.05) is 25.1 Å². The highest BCUT2D eigenvalue weighted by Gasteiger charge is 2.05. The first-order chi connectivity index (χ1) is 11.5. The van der Waals surface area contributed by atoms with E-state index in [0.29, 0.717) is 11.4 Å². The highest BCUT2D eigenvalue weighted by Crippen LogP contribution is 2.07. The van der Waals surface area contributed by atoms with Gasteiger partial charge in [0.25, 0.3) is 5.91 Å². The minimum Gasteiger partial charge on any atom is -0.386 e. The van der Waals surface area contributed by atoms with Crippen LogP contribution in [0, 0.1) is 10.5 Å². The third kappa shape index (κ3) is 6.07. The zero-order valence-electron chi connectivity index (χ0n) is 13.0. The van der Waals surface area contributed by atoms with Crippen LogP contribution in [-0.2, 0) is 9.63 Å². The number of pyridine rings is 1. The number of amides is 1. The minimum atomic E-state index is -0.370. The number of nitrogens with zero attached hydrogens (tertiary/aromatic N) is 2. The van der Waals surface area contributed by atoms with E-state index >= 15 is 0 Å². The summed E-state index contributed by atoms with van der Waals surface area (Å²) in [6, 6.07) is 10.8. The van der Waals surface area contributed by atoms with E-state index in [1.165, 1.54) is 6.21 Å². The lowest BCUT2D eigenvalue weighted by Gasteiger charge is -2.03. The van der Waals surface area contributed by atoms with Crippen molar-refractivity contribution in [3.63, 3.8) is 0 Å². The largest absolute Gasteiger partial charge is 0.386 e. The van der Waals surface area contributed by atoms with Gasteiger partial charge in [-0.05, 0) is 41.6 Å². The molecular formula is C17H16IN3O3. The Balaban J connectivity index is 1.70. The molecule has 0 unspecified atom stereocenters. The van der Waals surface area contributed by atoms with E-state index < -0.39 is 0 Å². The minimum absolute atomic E-state index is 0.0603. The maximum atomic E-state index is 11.9. The number of aryl methyl sites for hydroxylation is 1. The molecule has 0 fully saturated rings. The number of nitrogens with one attached hydrogen (secondary N) is 1. The van der Waals surface area contributed by atoms with Gasteiger partial charge in [0.2, 0.25) is 0 Å². The van der Waals surface area contributed by atoms with Crippen molar-refractivity contribution in [2.75, 3.05) is 11.9 Å². The van der Waals surface area contributed by atoms with Crippen LogP contribution in [-0.4, -0.2) is 29.5 Å². The summed E-state index contributed by atoms with van der Waals surface area (Å²) in [7, 11) is 0. The van der Waals surface area contributed by atoms with Gasteiger partial charge in [0.05, 0.1) is 6.21 Å². The fourth-order valence-corrected chi connectivity index (χ4v) is 2.07. The number of Topliss-reactive ketones (excluding diaryl/α,β-unsaturated/α-hetero) is 1. The molecule has 0 aliphatic rings. The highest BCUT2D eigenvalue weighted by molar-refractivity contribution is 14.1. The van der Waals surface area contributed by atoms with Crippen LogP contribution in [0.3, 0.4) is 0 Å². The zero-order valence-corrected chi connectivity index (χ0v) is 15.2. The lowest BCUT2D eigenvalue weighted by molar-refractivity contribution is -0.120. The van der Waals surface area contributed by atoms with Gasteiger partial charge in [-0.2, -0.15) is 0 Å². The fourth-order valence-electron chi connectivity index (χ4n) is 1.75. The maximum absolute atomic E-state index is 11.9. The normalized spacial score (nSPS) is 10.6. The number of aromatic nitrogens is 1. The molecule has 0 saturated carbocycles. The predicted molar refractivity (Wildman–Crippen MR) is 100 cm³/mol. The Morgan fingerprint density at radius 2 is 2.00 bits per heavy atom. The number of carbonyl (C=O) groups is 2. The Morgan fingerprint density at radius 1 is 1.25 bits per heavy atom. The molecule has 24 heavy (non-hydrogen) atoms. The van der Waals surface area contributed by atoms with Crippen molar-refractivity contribution >= 4 is 46.3 Å². The summed E-state index contributed by atoms with van der Waals surface area (Å²) < 4.78 is 0.977. The summed E-state index contributed by atoms with van der Waals surface area (Å²) in [6.45, 7) is 1.71. The second-order valence-corrected chi connectivity index (χ2v) is 6.21. The smallest absolute Gasteiger partial charge is 0.266 e. The number of carbonyl (C=O) groups excluding carboxylic acids is 2. The molecule has 6 nitrogen and oxygen atoms in total. The molecule has 0 aliphatic carbocycles. The topological polar surface area (TPSA) is 80.6 Å². The predicted octanol–water partition coefficient (Wildman–Crippen LogP) is 3.21. The molecule has 2 aromatic rings. The molecule has 124 valence electrons. The molecule has 0 spiro atoms. The van der Waals surface area contributed by atoms with E-state index in [0.717, 1.165) is 9.13 Å². The van der Waals surface area contributed by atoms with Crippen LogP contribution < -0.4 is 5.32 Å². The number of benzene rings is 1. The molecule has 1 N–H and O–H groups in total. The first-order valence-corrected chi connectivity index (χ1v) is 8.27. The number of hydrogen-bond acceptors (Lipinski definition) is 5. The van der Waals surface area contributed by atoms with E-state index in [-0.39, 0.29) is 24.7 Å². The summed E-state index contributed by atoms with van der Waals surface area (Å²) in [4.78, 5) is 32.4. The molecule has 1 heterocycles. The van der Waals surface area contributed by atoms with Crippen molar-refractivity contribution in [3.8, 4) is 0 Å². The number of ketones is 1. The van der Waals surface area contributed by atoms with Gasteiger partial charge in [-0.1, -0.05) is 35.0 Å². The second kappa shape index (κ2) is 9.11. The average Bonchev–Trinajstić information content (AvgIpc) is 2.57. The van der Waals surface area contributed by atoms with Crippen LogP contribution in [0.4, 0.5) is 5.82 Å². The quantitative estimate of drug-likeness (QED) is 0.312. The molecule has 0 saturated heterocycles. The first kappa shape index (κ1) is 18.1. The zero-order chi connectivity index (χ0) is 17.4. The van der Waals surface area contributed by atoms with Gasteiger partial charge in [-0.15, -0.1) is 0 Å². The number of rotatable bonds is 7. The van der Waals surface area contributed by atoms with Crippen molar-refractivity contribution < 1.29 is 14.4 Å². The first-order valence-electron chi connectivity index (χ1n) is 7.19. The fraction of sp³-hybridized carbons (Fsp3) is 0.176. The van der Waals surface area contributed by atoms with E-state index in [1.54, 1.807) is 24.4 Å². The average molecular weight is 437 g/mol. The monoisotopic (exact) mass is 437 g/mol. The van der Waals surface area contributed by atoms with Gasteiger partial charge < -0.3 is 10.2 Å². The van der Waals surface area contributed by atoms with Gasteiger partial charge in [-0.3, -0.25) is 9.59 Å². The number of oxime groups is 1. The van der Waals surface area contributed by atoms with Crippen molar-refractivity contribution in [2.24, 2.45) is 5.16 Å². The Labute approximate surface area is 153 Å². The van der Waals surface area contributed by atoms with E-state index in [2.05, 4.69) is 38.0 Å². The van der Waals surface area contributed by atoms with Crippen molar-refractivity contribution in [3.05, 3.63) is 57.3 Å².